The number of aryl methyl sites for hydroxylation is 3. The van der Waals surface area contributed by atoms with Crippen LogP contribution < -0.4 is 5.32 Å². The second-order valence-corrected chi connectivity index (χ2v) is 5.14. The van der Waals surface area contributed by atoms with Crippen molar-refractivity contribution in [2.45, 2.75) is 33.4 Å². The summed E-state index contributed by atoms with van der Waals surface area (Å²) in [6, 6.07) is 0. The summed E-state index contributed by atoms with van der Waals surface area (Å²) in [5, 5.41) is 11.8. The van der Waals surface area contributed by atoms with Crippen molar-refractivity contribution in [2.75, 3.05) is 0 Å². The van der Waals surface area contributed by atoms with E-state index in [9.17, 15) is 4.79 Å². The second kappa shape index (κ2) is 6.09. The topological polar surface area (TPSA) is 64.7 Å². The van der Waals surface area contributed by atoms with Gasteiger partial charge in [0.15, 0.2) is 0 Å². The fraction of sp³-hybridized carbons (Fsp3) is 0.462. The van der Waals surface area contributed by atoms with Gasteiger partial charge in [0.05, 0.1) is 16.9 Å². The zero-order valence-corrected chi connectivity index (χ0v) is 12.6. The van der Waals surface area contributed by atoms with Crippen LogP contribution in [0.2, 0.25) is 5.02 Å². The molecule has 0 atom stereocenters. The largest absolute Gasteiger partial charge is 0.352 e. The van der Waals surface area contributed by atoms with Crippen LogP contribution in [0.25, 0.3) is 0 Å². The molecular formula is C13H18ClN5O. The average Bonchev–Trinajstić information content (AvgIpc) is 2.90. The predicted molar refractivity (Wildman–Crippen MR) is 76.4 cm³/mol. The number of halogens is 1. The molecule has 2 aromatic rings. The Balaban J connectivity index is 1.80. The standard InChI is InChI=1S/C13H18ClN5O/c1-9-12(14)8-19(17-9)5-4-13(20)15-6-11-7-16-18(3)10(11)2/h7-8H,4-6H2,1-3H3,(H,15,20). The van der Waals surface area contributed by atoms with E-state index < -0.39 is 0 Å². The second-order valence-electron chi connectivity index (χ2n) is 4.73. The summed E-state index contributed by atoms with van der Waals surface area (Å²) in [6.07, 6.45) is 3.87. The van der Waals surface area contributed by atoms with E-state index in [2.05, 4.69) is 15.5 Å². The molecule has 0 aliphatic carbocycles. The molecule has 108 valence electrons. The fourth-order valence-corrected chi connectivity index (χ4v) is 1.97. The lowest BCUT2D eigenvalue weighted by molar-refractivity contribution is -0.121. The lowest BCUT2D eigenvalue weighted by Gasteiger charge is -2.05. The van der Waals surface area contributed by atoms with Gasteiger partial charge in [-0.2, -0.15) is 10.2 Å². The highest BCUT2D eigenvalue weighted by Crippen LogP contribution is 2.12. The fourth-order valence-electron chi connectivity index (χ4n) is 1.82. The summed E-state index contributed by atoms with van der Waals surface area (Å²) < 4.78 is 3.47. The van der Waals surface area contributed by atoms with E-state index in [1.807, 2.05) is 20.9 Å². The van der Waals surface area contributed by atoms with Crippen molar-refractivity contribution in [2.24, 2.45) is 7.05 Å². The Labute approximate surface area is 122 Å². The Kier molecular flexibility index (Phi) is 4.44. The number of nitrogens with one attached hydrogen (secondary N) is 1. The molecule has 2 heterocycles. The Morgan fingerprint density at radius 1 is 1.45 bits per heavy atom. The van der Waals surface area contributed by atoms with Crippen LogP contribution in [-0.4, -0.2) is 25.5 Å². The number of hydrogen-bond acceptors (Lipinski definition) is 3. The molecule has 0 saturated heterocycles. The van der Waals surface area contributed by atoms with Crippen molar-refractivity contribution >= 4 is 17.5 Å². The van der Waals surface area contributed by atoms with E-state index in [1.165, 1.54) is 0 Å². The molecule has 1 amide bonds. The van der Waals surface area contributed by atoms with E-state index in [1.54, 1.807) is 21.8 Å². The maximum atomic E-state index is 11.8. The summed E-state index contributed by atoms with van der Waals surface area (Å²) in [5.74, 6) is -0.0162. The Hall–Kier alpha value is -1.82. The van der Waals surface area contributed by atoms with Gasteiger partial charge in [0.25, 0.3) is 0 Å². The van der Waals surface area contributed by atoms with Gasteiger partial charge in [-0.1, -0.05) is 11.6 Å². The van der Waals surface area contributed by atoms with E-state index in [-0.39, 0.29) is 5.91 Å². The summed E-state index contributed by atoms with van der Waals surface area (Å²) in [5.41, 5.74) is 2.86. The minimum atomic E-state index is -0.0162. The molecule has 0 aliphatic rings. The van der Waals surface area contributed by atoms with Gasteiger partial charge >= 0.3 is 0 Å². The smallest absolute Gasteiger partial charge is 0.222 e. The molecule has 20 heavy (non-hydrogen) atoms. The molecule has 6 nitrogen and oxygen atoms in total. The van der Waals surface area contributed by atoms with Crippen molar-refractivity contribution < 1.29 is 4.79 Å². The molecular weight excluding hydrogens is 278 g/mol. The average molecular weight is 296 g/mol. The zero-order chi connectivity index (χ0) is 14.7. The number of aromatic nitrogens is 4. The van der Waals surface area contributed by atoms with Gasteiger partial charge in [-0.3, -0.25) is 14.2 Å². The summed E-state index contributed by atoms with van der Waals surface area (Å²) >= 11 is 5.91. The molecule has 7 heteroatoms. The molecule has 0 saturated carbocycles. The van der Waals surface area contributed by atoms with Gasteiger partial charge < -0.3 is 5.32 Å². The number of nitrogens with zero attached hydrogens (tertiary/aromatic N) is 4. The van der Waals surface area contributed by atoms with Crippen LogP contribution >= 0.6 is 11.6 Å². The molecule has 0 aliphatic heterocycles. The summed E-state index contributed by atoms with van der Waals surface area (Å²) in [7, 11) is 1.88. The Morgan fingerprint density at radius 2 is 2.20 bits per heavy atom. The minimum absolute atomic E-state index is 0.0162. The van der Waals surface area contributed by atoms with E-state index in [0.717, 1.165) is 17.0 Å². The number of rotatable bonds is 5. The first-order valence-electron chi connectivity index (χ1n) is 6.41. The van der Waals surface area contributed by atoms with Crippen molar-refractivity contribution in [1.82, 2.24) is 24.9 Å². The monoisotopic (exact) mass is 295 g/mol. The maximum Gasteiger partial charge on any atom is 0.222 e. The number of hydrogen-bond donors (Lipinski definition) is 1. The highest BCUT2D eigenvalue weighted by atomic mass is 35.5. The van der Waals surface area contributed by atoms with Crippen LogP contribution in [0, 0.1) is 13.8 Å². The Bertz CT molecular complexity index is 597. The van der Waals surface area contributed by atoms with E-state index >= 15 is 0 Å². The van der Waals surface area contributed by atoms with Crippen LogP contribution in [0.15, 0.2) is 12.4 Å². The van der Waals surface area contributed by atoms with Crippen LogP contribution in [0.3, 0.4) is 0 Å². The first-order valence-corrected chi connectivity index (χ1v) is 6.79. The van der Waals surface area contributed by atoms with Gasteiger partial charge in [0.1, 0.15) is 0 Å². The molecule has 2 rings (SSSR count). The summed E-state index contributed by atoms with van der Waals surface area (Å²) in [4.78, 5) is 11.8. The van der Waals surface area contributed by atoms with Crippen molar-refractivity contribution in [3.8, 4) is 0 Å². The molecule has 0 fully saturated rings. The zero-order valence-electron chi connectivity index (χ0n) is 11.9. The van der Waals surface area contributed by atoms with Crippen molar-refractivity contribution in [1.29, 1.82) is 0 Å². The number of carbonyl (C=O) groups excluding carboxylic acids is 1. The molecule has 0 bridgehead atoms. The third-order valence-corrected chi connectivity index (χ3v) is 3.64. The third kappa shape index (κ3) is 3.39. The van der Waals surface area contributed by atoms with Crippen molar-refractivity contribution in [3.05, 3.63) is 34.4 Å². The third-order valence-electron chi connectivity index (χ3n) is 3.27. The highest BCUT2D eigenvalue weighted by molar-refractivity contribution is 6.31. The quantitative estimate of drug-likeness (QED) is 0.911. The lowest BCUT2D eigenvalue weighted by Crippen LogP contribution is -2.24. The van der Waals surface area contributed by atoms with Gasteiger partial charge in [0, 0.05) is 44.0 Å². The first-order chi connectivity index (χ1) is 9.47. The molecule has 2 aromatic heterocycles. The van der Waals surface area contributed by atoms with Gasteiger partial charge in [-0.15, -0.1) is 0 Å². The number of amides is 1. The summed E-state index contributed by atoms with van der Waals surface area (Å²) in [6.45, 7) is 4.83. The van der Waals surface area contributed by atoms with Crippen LogP contribution in [0.5, 0.6) is 0 Å². The molecule has 0 unspecified atom stereocenters. The Morgan fingerprint density at radius 3 is 2.75 bits per heavy atom. The predicted octanol–water partition coefficient (Wildman–Crippen LogP) is 1.59. The molecule has 0 radical (unpaired) electrons. The van der Waals surface area contributed by atoms with E-state index in [0.29, 0.717) is 24.5 Å². The van der Waals surface area contributed by atoms with Crippen LogP contribution in [0.4, 0.5) is 0 Å². The number of carbonyl (C=O) groups is 1. The normalized spacial score (nSPS) is 10.8. The van der Waals surface area contributed by atoms with Gasteiger partial charge in [0.2, 0.25) is 5.91 Å². The van der Waals surface area contributed by atoms with Crippen LogP contribution in [0.1, 0.15) is 23.4 Å². The minimum Gasteiger partial charge on any atom is -0.352 e. The first kappa shape index (κ1) is 14.6. The van der Waals surface area contributed by atoms with Crippen molar-refractivity contribution in [3.63, 3.8) is 0 Å². The molecule has 0 spiro atoms. The highest BCUT2D eigenvalue weighted by Gasteiger charge is 2.07. The van der Waals surface area contributed by atoms with E-state index in [4.69, 9.17) is 11.6 Å². The van der Waals surface area contributed by atoms with Crippen LogP contribution in [-0.2, 0) is 24.9 Å². The lowest BCUT2D eigenvalue weighted by atomic mass is 10.2. The van der Waals surface area contributed by atoms with Gasteiger partial charge in [-0.05, 0) is 13.8 Å². The molecule has 1 N–H and O–H groups in total. The SMILES string of the molecule is Cc1nn(CCC(=O)NCc2cnn(C)c2C)cc1Cl. The maximum absolute atomic E-state index is 11.8. The van der Waals surface area contributed by atoms with Gasteiger partial charge in [-0.25, -0.2) is 0 Å². The molecule has 0 aromatic carbocycles.